The Morgan fingerprint density at radius 1 is 0.957 bits per heavy atom. The SMILES string of the molecule is C.CCOC(=O)CN(C(=O)CN1CCN([C@H](c2ccccc2)c2ccc(Cl)cc2)CC1)c1ccc(C#CCCN(O)C(N)=O)cc1. The number of carbonyl (C=O) groups is 3. The third-order valence-corrected chi connectivity index (χ3v) is 7.69. The number of benzene rings is 3. The van der Waals surface area contributed by atoms with Gasteiger partial charge in [0.25, 0.3) is 0 Å². The number of hydrogen-bond donors (Lipinski definition) is 2. The Balaban J connectivity index is 0.00000576. The summed E-state index contributed by atoms with van der Waals surface area (Å²) in [6.07, 6.45) is 0.230. The van der Waals surface area contributed by atoms with E-state index in [0.29, 0.717) is 34.4 Å². The second-order valence-corrected chi connectivity index (χ2v) is 11.0. The van der Waals surface area contributed by atoms with E-state index in [2.05, 4.69) is 45.9 Å². The molecule has 0 aromatic heterocycles. The van der Waals surface area contributed by atoms with E-state index < -0.39 is 12.0 Å². The molecule has 0 bridgehead atoms. The number of nitrogens with zero attached hydrogens (tertiary/aromatic N) is 4. The third kappa shape index (κ3) is 10.3. The highest BCUT2D eigenvalue weighted by molar-refractivity contribution is 6.30. The Bertz CT molecular complexity index is 1480. The van der Waals surface area contributed by atoms with E-state index in [9.17, 15) is 19.6 Å². The lowest BCUT2D eigenvalue weighted by Crippen LogP contribution is -2.51. The average Bonchev–Trinajstić information content (AvgIpc) is 3.04. The summed E-state index contributed by atoms with van der Waals surface area (Å²) < 4.78 is 5.15. The summed E-state index contributed by atoms with van der Waals surface area (Å²) >= 11 is 6.17. The first-order chi connectivity index (χ1) is 21.7. The Kier molecular flexibility index (Phi) is 14.1. The topological polar surface area (TPSA) is 120 Å². The van der Waals surface area contributed by atoms with Gasteiger partial charge in [-0.3, -0.25) is 24.6 Å². The van der Waals surface area contributed by atoms with E-state index in [-0.39, 0.29) is 52.0 Å². The van der Waals surface area contributed by atoms with Crippen molar-refractivity contribution in [1.29, 1.82) is 0 Å². The van der Waals surface area contributed by atoms with E-state index in [0.717, 1.165) is 18.7 Å². The molecule has 0 unspecified atom stereocenters. The quantitative estimate of drug-likeness (QED) is 0.133. The van der Waals surface area contributed by atoms with Gasteiger partial charge in [-0.15, -0.1) is 0 Å². The zero-order valence-electron chi connectivity index (χ0n) is 25.3. The second-order valence-electron chi connectivity index (χ2n) is 10.5. The number of primary amides is 1. The first-order valence-electron chi connectivity index (χ1n) is 14.8. The van der Waals surface area contributed by atoms with E-state index in [1.54, 1.807) is 31.2 Å². The van der Waals surface area contributed by atoms with Crippen LogP contribution in [0.15, 0.2) is 78.9 Å². The number of rotatable bonds is 11. The summed E-state index contributed by atoms with van der Waals surface area (Å²) in [5.74, 6) is 5.12. The van der Waals surface area contributed by atoms with Crippen molar-refractivity contribution in [2.45, 2.75) is 26.8 Å². The van der Waals surface area contributed by atoms with Crippen molar-refractivity contribution in [1.82, 2.24) is 14.9 Å². The van der Waals surface area contributed by atoms with Crippen LogP contribution in [0.25, 0.3) is 0 Å². The van der Waals surface area contributed by atoms with Crippen molar-refractivity contribution in [2.24, 2.45) is 5.73 Å². The number of piperazine rings is 1. The highest BCUT2D eigenvalue weighted by atomic mass is 35.5. The van der Waals surface area contributed by atoms with Crippen LogP contribution in [0.1, 0.15) is 43.5 Å². The van der Waals surface area contributed by atoms with Gasteiger partial charge in [-0.05, 0) is 54.4 Å². The van der Waals surface area contributed by atoms with Crippen LogP contribution in [0.4, 0.5) is 10.5 Å². The maximum absolute atomic E-state index is 13.6. The predicted octanol–water partition coefficient (Wildman–Crippen LogP) is 4.79. The molecule has 4 rings (SSSR count). The van der Waals surface area contributed by atoms with Crippen molar-refractivity contribution in [3.8, 4) is 11.8 Å². The van der Waals surface area contributed by atoms with Crippen molar-refractivity contribution < 1.29 is 24.3 Å². The summed E-state index contributed by atoms with van der Waals surface area (Å²) in [6, 6.07) is 24.4. The number of urea groups is 1. The molecule has 46 heavy (non-hydrogen) atoms. The number of halogens is 1. The summed E-state index contributed by atoms with van der Waals surface area (Å²) in [5.41, 5.74) is 8.57. The van der Waals surface area contributed by atoms with Crippen LogP contribution in [0.3, 0.4) is 0 Å². The Labute approximate surface area is 276 Å². The molecule has 11 heteroatoms. The Morgan fingerprint density at radius 2 is 1.59 bits per heavy atom. The van der Waals surface area contributed by atoms with Crippen molar-refractivity contribution in [3.05, 3.63) is 101 Å². The van der Waals surface area contributed by atoms with Crippen molar-refractivity contribution >= 4 is 35.2 Å². The molecule has 3 N–H and O–H groups in total. The van der Waals surface area contributed by atoms with Crippen LogP contribution in [0.2, 0.25) is 5.02 Å². The van der Waals surface area contributed by atoms with Gasteiger partial charge in [0.05, 0.1) is 25.7 Å². The molecule has 0 spiro atoms. The van der Waals surface area contributed by atoms with Gasteiger partial charge >= 0.3 is 12.0 Å². The number of nitrogens with two attached hydrogens (primary N) is 1. The van der Waals surface area contributed by atoms with Crippen molar-refractivity contribution in [3.63, 3.8) is 0 Å². The standard InChI is InChI=1S/C34H38ClN5O5.CH4/c1-2-45-32(42)25-39(30-17-11-26(12-18-30)8-6-7-19-40(44)34(36)43)31(41)24-37-20-22-38(23-21-37)33(27-9-4-3-5-10-27)28-13-15-29(35)16-14-28;/h3-5,9-18,33,44H,2,7,19-25H2,1H3,(H2,36,43);1H4/t33-;/m1./s1. The van der Waals surface area contributed by atoms with Crippen molar-refractivity contribution in [2.75, 3.05) is 57.3 Å². The third-order valence-electron chi connectivity index (χ3n) is 7.44. The minimum absolute atomic E-state index is 0. The summed E-state index contributed by atoms with van der Waals surface area (Å²) in [7, 11) is 0. The van der Waals surface area contributed by atoms with Crippen LogP contribution in [-0.4, -0.2) is 90.4 Å². The number of hydrogen-bond acceptors (Lipinski definition) is 7. The summed E-state index contributed by atoms with van der Waals surface area (Å²) in [5, 5.41) is 10.4. The molecule has 1 atom stereocenters. The average molecular weight is 648 g/mol. The monoisotopic (exact) mass is 647 g/mol. The van der Waals surface area contributed by atoms with E-state index in [4.69, 9.17) is 22.1 Å². The van der Waals surface area contributed by atoms with Gasteiger partial charge in [-0.1, -0.05) is 73.3 Å². The molecule has 0 aliphatic carbocycles. The number of carbonyl (C=O) groups excluding carboxylic acids is 3. The molecule has 3 aromatic carbocycles. The number of amides is 3. The molecular formula is C35H42ClN5O5. The molecule has 10 nitrogen and oxygen atoms in total. The molecule has 244 valence electrons. The zero-order chi connectivity index (χ0) is 32.2. The fourth-order valence-electron chi connectivity index (χ4n) is 5.17. The highest BCUT2D eigenvalue weighted by Gasteiger charge is 2.29. The molecule has 3 aromatic rings. The first-order valence-corrected chi connectivity index (χ1v) is 15.2. The van der Waals surface area contributed by atoms with Gasteiger partial charge in [0.1, 0.15) is 6.54 Å². The fourth-order valence-corrected chi connectivity index (χ4v) is 5.30. The maximum Gasteiger partial charge on any atom is 0.338 e. The normalized spacial score (nSPS) is 13.8. The fraction of sp³-hybridized carbons (Fsp3) is 0.343. The predicted molar refractivity (Wildman–Crippen MR) is 179 cm³/mol. The van der Waals surface area contributed by atoms with Crippen LogP contribution >= 0.6 is 11.6 Å². The lowest BCUT2D eigenvalue weighted by molar-refractivity contribution is -0.142. The van der Waals surface area contributed by atoms with E-state index in [1.165, 1.54) is 10.5 Å². The molecule has 1 saturated heterocycles. The van der Waals surface area contributed by atoms with Crippen LogP contribution in [0.5, 0.6) is 0 Å². The van der Waals surface area contributed by atoms with Gasteiger partial charge in [0, 0.05) is 48.9 Å². The molecule has 0 radical (unpaired) electrons. The number of anilines is 1. The lowest BCUT2D eigenvalue weighted by Gasteiger charge is -2.40. The maximum atomic E-state index is 13.6. The summed E-state index contributed by atoms with van der Waals surface area (Å²) in [6.45, 7) is 4.77. The lowest BCUT2D eigenvalue weighted by atomic mass is 9.96. The van der Waals surface area contributed by atoms with Gasteiger partial charge < -0.3 is 15.4 Å². The molecule has 1 fully saturated rings. The second kappa shape index (κ2) is 17.9. The number of ether oxygens (including phenoxy) is 1. The smallest absolute Gasteiger partial charge is 0.338 e. The molecular weight excluding hydrogens is 606 g/mol. The molecule has 1 heterocycles. The first kappa shape index (κ1) is 36.1. The number of esters is 1. The highest BCUT2D eigenvalue weighted by Crippen LogP contribution is 2.30. The Hall–Kier alpha value is -4.40. The van der Waals surface area contributed by atoms with Gasteiger partial charge in [-0.2, -0.15) is 0 Å². The molecule has 1 aliphatic rings. The summed E-state index contributed by atoms with van der Waals surface area (Å²) in [4.78, 5) is 42.9. The largest absolute Gasteiger partial charge is 0.465 e. The van der Waals surface area contributed by atoms with Gasteiger partial charge in [0.15, 0.2) is 0 Å². The van der Waals surface area contributed by atoms with E-state index >= 15 is 0 Å². The van der Waals surface area contributed by atoms with Crippen LogP contribution < -0.4 is 10.6 Å². The van der Waals surface area contributed by atoms with Crippen LogP contribution in [-0.2, 0) is 14.3 Å². The van der Waals surface area contributed by atoms with Crippen LogP contribution in [0, 0.1) is 11.8 Å². The van der Waals surface area contributed by atoms with Gasteiger partial charge in [0.2, 0.25) is 5.91 Å². The molecule has 1 aliphatic heterocycles. The minimum Gasteiger partial charge on any atom is -0.465 e. The van der Waals surface area contributed by atoms with Gasteiger partial charge in [-0.25, -0.2) is 9.86 Å². The Morgan fingerprint density at radius 3 is 2.20 bits per heavy atom. The number of hydroxylamine groups is 2. The zero-order valence-corrected chi connectivity index (χ0v) is 26.0. The van der Waals surface area contributed by atoms with E-state index in [1.807, 2.05) is 30.3 Å². The molecule has 0 saturated carbocycles. The minimum atomic E-state index is -0.941. The molecule has 3 amide bonds.